The molecule has 0 atom stereocenters. The molecule has 4 nitrogen and oxygen atoms in total. The number of alkyl halides is 3. The summed E-state index contributed by atoms with van der Waals surface area (Å²) >= 11 is 0. The van der Waals surface area contributed by atoms with Crippen molar-refractivity contribution >= 4 is 5.91 Å². The standard InChI is InChI=1S/C11H10F3N3O/c12-11(13,14)7-17-10(18)9-3-5-16-6-8(9)2-1-4-15/h3,5-6H,4,7,15H2,(H,17,18). The van der Waals surface area contributed by atoms with Crippen molar-refractivity contribution in [1.29, 1.82) is 0 Å². The van der Waals surface area contributed by atoms with E-state index in [2.05, 4.69) is 16.8 Å². The first-order valence-corrected chi connectivity index (χ1v) is 4.92. The van der Waals surface area contributed by atoms with Crippen LogP contribution in [0.25, 0.3) is 0 Å². The minimum absolute atomic E-state index is 0.0372. The molecule has 0 aliphatic carbocycles. The van der Waals surface area contributed by atoms with Crippen molar-refractivity contribution in [2.75, 3.05) is 13.1 Å². The van der Waals surface area contributed by atoms with Crippen LogP contribution in [0, 0.1) is 11.8 Å². The molecule has 0 aliphatic rings. The van der Waals surface area contributed by atoms with Crippen LogP contribution in [0.3, 0.4) is 0 Å². The zero-order chi connectivity index (χ0) is 13.6. The van der Waals surface area contributed by atoms with E-state index in [1.807, 2.05) is 0 Å². The number of carbonyl (C=O) groups is 1. The van der Waals surface area contributed by atoms with E-state index in [9.17, 15) is 18.0 Å². The fraction of sp³-hybridized carbons (Fsp3) is 0.273. The van der Waals surface area contributed by atoms with Crippen LogP contribution in [0.2, 0.25) is 0 Å². The van der Waals surface area contributed by atoms with Crippen LogP contribution in [0.5, 0.6) is 0 Å². The molecule has 0 aromatic carbocycles. The Morgan fingerprint density at radius 2 is 2.22 bits per heavy atom. The molecule has 0 saturated heterocycles. The first-order chi connectivity index (χ1) is 8.44. The molecule has 1 amide bonds. The van der Waals surface area contributed by atoms with Crippen molar-refractivity contribution in [3.63, 3.8) is 0 Å². The van der Waals surface area contributed by atoms with Crippen molar-refractivity contribution in [1.82, 2.24) is 10.3 Å². The number of carbonyl (C=O) groups excluding carboxylic acids is 1. The molecule has 1 aromatic heterocycles. The summed E-state index contributed by atoms with van der Waals surface area (Å²) in [4.78, 5) is 15.3. The number of nitrogens with zero attached hydrogens (tertiary/aromatic N) is 1. The number of hydrogen-bond acceptors (Lipinski definition) is 3. The lowest BCUT2D eigenvalue weighted by atomic mass is 10.1. The highest BCUT2D eigenvalue weighted by molar-refractivity contribution is 5.96. The van der Waals surface area contributed by atoms with E-state index in [1.54, 1.807) is 5.32 Å². The van der Waals surface area contributed by atoms with Gasteiger partial charge >= 0.3 is 6.18 Å². The number of rotatable bonds is 2. The second-order valence-corrected chi connectivity index (χ2v) is 3.23. The summed E-state index contributed by atoms with van der Waals surface area (Å²) in [5, 5.41) is 1.76. The van der Waals surface area contributed by atoms with Crippen LogP contribution in [0.1, 0.15) is 15.9 Å². The van der Waals surface area contributed by atoms with Crippen LogP contribution in [-0.4, -0.2) is 30.2 Å². The topological polar surface area (TPSA) is 68.0 Å². The highest BCUT2D eigenvalue weighted by Gasteiger charge is 2.28. The Labute approximate surface area is 101 Å². The predicted molar refractivity (Wildman–Crippen MR) is 58.6 cm³/mol. The fourth-order valence-corrected chi connectivity index (χ4v) is 1.11. The molecule has 0 spiro atoms. The number of nitrogens with two attached hydrogens (primary N) is 1. The number of halogens is 3. The van der Waals surface area contributed by atoms with Gasteiger partial charge in [-0.15, -0.1) is 0 Å². The zero-order valence-electron chi connectivity index (χ0n) is 9.21. The molecule has 7 heteroatoms. The monoisotopic (exact) mass is 257 g/mol. The summed E-state index contributed by atoms with van der Waals surface area (Å²) < 4.78 is 35.9. The molecule has 1 heterocycles. The zero-order valence-corrected chi connectivity index (χ0v) is 9.21. The van der Waals surface area contributed by atoms with Gasteiger partial charge in [0.2, 0.25) is 0 Å². The number of pyridine rings is 1. The molecule has 0 saturated carbocycles. The van der Waals surface area contributed by atoms with Gasteiger partial charge in [0.25, 0.3) is 5.91 Å². The Kier molecular flexibility index (Phi) is 4.68. The minimum Gasteiger partial charge on any atom is -0.343 e. The summed E-state index contributed by atoms with van der Waals surface area (Å²) in [5.41, 5.74) is 5.45. The van der Waals surface area contributed by atoms with Gasteiger partial charge in [0.1, 0.15) is 6.54 Å². The Hall–Kier alpha value is -2.07. The summed E-state index contributed by atoms with van der Waals surface area (Å²) in [7, 11) is 0. The average Bonchev–Trinajstić information content (AvgIpc) is 2.33. The van der Waals surface area contributed by atoms with Gasteiger partial charge in [-0.2, -0.15) is 13.2 Å². The van der Waals surface area contributed by atoms with Crippen LogP contribution >= 0.6 is 0 Å². The second-order valence-electron chi connectivity index (χ2n) is 3.23. The van der Waals surface area contributed by atoms with Gasteiger partial charge in [-0.25, -0.2) is 0 Å². The Morgan fingerprint density at radius 3 is 2.83 bits per heavy atom. The molecule has 0 fully saturated rings. The van der Waals surface area contributed by atoms with Gasteiger partial charge in [0.05, 0.1) is 17.7 Å². The van der Waals surface area contributed by atoms with E-state index in [0.29, 0.717) is 0 Å². The maximum Gasteiger partial charge on any atom is 0.405 e. The van der Waals surface area contributed by atoms with Crippen LogP contribution in [-0.2, 0) is 0 Å². The van der Waals surface area contributed by atoms with Crippen LogP contribution in [0.15, 0.2) is 18.5 Å². The lowest BCUT2D eigenvalue weighted by molar-refractivity contribution is -0.123. The van der Waals surface area contributed by atoms with E-state index in [4.69, 9.17) is 5.73 Å². The van der Waals surface area contributed by atoms with Gasteiger partial charge < -0.3 is 11.1 Å². The van der Waals surface area contributed by atoms with Crippen molar-refractivity contribution in [2.24, 2.45) is 5.73 Å². The van der Waals surface area contributed by atoms with Crippen molar-refractivity contribution < 1.29 is 18.0 Å². The van der Waals surface area contributed by atoms with Gasteiger partial charge in [-0.05, 0) is 6.07 Å². The van der Waals surface area contributed by atoms with E-state index >= 15 is 0 Å². The maximum absolute atomic E-state index is 12.0. The third kappa shape index (κ3) is 4.43. The fourth-order valence-electron chi connectivity index (χ4n) is 1.11. The molecule has 96 valence electrons. The van der Waals surface area contributed by atoms with Crippen molar-refractivity contribution in [3.05, 3.63) is 29.6 Å². The van der Waals surface area contributed by atoms with Gasteiger partial charge in [-0.3, -0.25) is 9.78 Å². The van der Waals surface area contributed by atoms with E-state index in [-0.39, 0.29) is 17.7 Å². The highest BCUT2D eigenvalue weighted by Crippen LogP contribution is 2.13. The first-order valence-electron chi connectivity index (χ1n) is 4.92. The van der Waals surface area contributed by atoms with Crippen molar-refractivity contribution in [2.45, 2.75) is 6.18 Å². The maximum atomic E-state index is 12.0. The normalized spacial score (nSPS) is 10.4. The highest BCUT2D eigenvalue weighted by atomic mass is 19.4. The lowest BCUT2D eigenvalue weighted by Gasteiger charge is -2.09. The molecule has 3 N–H and O–H groups in total. The largest absolute Gasteiger partial charge is 0.405 e. The third-order valence-electron chi connectivity index (χ3n) is 1.84. The minimum atomic E-state index is -4.45. The molecule has 1 rings (SSSR count). The molecule has 0 aliphatic heterocycles. The third-order valence-corrected chi connectivity index (χ3v) is 1.84. The number of nitrogens with one attached hydrogen (secondary N) is 1. The SMILES string of the molecule is NCC#Cc1cnccc1C(=O)NCC(F)(F)F. The summed E-state index contributed by atoms with van der Waals surface area (Å²) in [6.45, 7) is -1.31. The van der Waals surface area contributed by atoms with E-state index in [1.165, 1.54) is 18.5 Å². The predicted octanol–water partition coefficient (Wildman–Crippen LogP) is 0.684. The number of hydrogen-bond donors (Lipinski definition) is 2. The second kappa shape index (κ2) is 6.02. The van der Waals surface area contributed by atoms with Gasteiger partial charge in [-0.1, -0.05) is 11.8 Å². The number of aromatic nitrogens is 1. The average molecular weight is 257 g/mol. The summed E-state index contributed by atoms with van der Waals surface area (Å²) in [5.74, 6) is 4.23. The molecule has 1 aromatic rings. The molecule has 0 radical (unpaired) electrons. The Morgan fingerprint density at radius 1 is 1.50 bits per heavy atom. The molecule has 18 heavy (non-hydrogen) atoms. The lowest BCUT2D eigenvalue weighted by Crippen LogP contribution is -2.34. The Balaban J connectivity index is 2.85. The van der Waals surface area contributed by atoms with Crippen LogP contribution < -0.4 is 11.1 Å². The van der Waals surface area contributed by atoms with Gasteiger partial charge in [0.15, 0.2) is 0 Å². The molecule has 0 unspecified atom stereocenters. The molecular formula is C11H10F3N3O. The van der Waals surface area contributed by atoms with Gasteiger partial charge in [0, 0.05) is 12.4 Å². The van der Waals surface area contributed by atoms with E-state index in [0.717, 1.165) is 0 Å². The molecule has 0 bridgehead atoms. The summed E-state index contributed by atoms with van der Waals surface area (Å²) in [6.07, 6.45) is -1.85. The molecular weight excluding hydrogens is 247 g/mol. The summed E-state index contributed by atoms with van der Waals surface area (Å²) in [6, 6.07) is 1.30. The Bertz CT molecular complexity index is 488. The van der Waals surface area contributed by atoms with Crippen molar-refractivity contribution in [3.8, 4) is 11.8 Å². The van der Waals surface area contributed by atoms with Crippen LogP contribution in [0.4, 0.5) is 13.2 Å². The smallest absolute Gasteiger partial charge is 0.343 e. The van der Waals surface area contributed by atoms with E-state index < -0.39 is 18.6 Å². The number of amides is 1. The quantitative estimate of drug-likeness (QED) is 0.766. The first kappa shape index (κ1) is 14.0.